The highest BCUT2D eigenvalue weighted by Gasteiger charge is 2.29. The van der Waals surface area contributed by atoms with Crippen LogP contribution in [0.5, 0.6) is 0 Å². The van der Waals surface area contributed by atoms with Crippen LogP contribution in [0.4, 0.5) is 0 Å². The molecule has 0 aromatic rings. The summed E-state index contributed by atoms with van der Waals surface area (Å²) in [6, 6.07) is 0. The number of nitrogens with one attached hydrogen (secondary N) is 1. The summed E-state index contributed by atoms with van der Waals surface area (Å²) in [5, 5.41) is 2.75. The summed E-state index contributed by atoms with van der Waals surface area (Å²) in [6.45, 7) is 7.46. The lowest BCUT2D eigenvalue weighted by Gasteiger charge is -2.03. The van der Waals surface area contributed by atoms with Crippen LogP contribution in [0.3, 0.4) is 0 Å². The minimum atomic E-state index is 0.0829. The van der Waals surface area contributed by atoms with Crippen LogP contribution in [-0.4, -0.2) is 12.1 Å². The van der Waals surface area contributed by atoms with Gasteiger partial charge in [-0.05, 0) is 32.8 Å². The fourth-order valence-corrected chi connectivity index (χ4v) is 1.13. The molecule has 0 heterocycles. The van der Waals surface area contributed by atoms with Crippen molar-refractivity contribution in [1.29, 1.82) is 0 Å². The molecular formula is C11H16N2O. The van der Waals surface area contributed by atoms with Crippen molar-refractivity contribution in [2.75, 3.05) is 0 Å². The first-order chi connectivity index (χ1) is 6.63. The van der Waals surface area contributed by atoms with Gasteiger partial charge in [0.25, 0.3) is 0 Å². The van der Waals surface area contributed by atoms with Gasteiger partial charge in [-0.3, -0.25) is 9.79 Å². The Kier molecular flexibility index (Phi) is 3.63. The summed E-state index contributed by atoms with van der Waals surface area (Å²) in [7, 11) is 0. The van der Waals surface area contributed by atoms with E-state index in [9.17, 15) is 4.79 Å². The van der Waals surface area contributed by atoms with Gasteiger partial charge in [-0.2, -0.15) is 0 Å². The molecule has 1 fully saturated rings. The molecule has 3 nitrogen and oxygen atoms in total. The Morgan fingerprint density at radius 2 is 2.21 bits per heavy atom. The largest absolute Gasteiger partial charge is 0.326 e. The van der Waals surface area contributed by atoms with Crippen molar-refractivity contribution in [2.45, 2.75) is 26.7 Å². The highest BCUT2D eigenvalue weighted by Crippen LogP contribution is 2.28. The molecule has 1 aliphatic rings. The van der Waals surface area contributed by atoms with Gasteiger partial charge < -0.3 is 5.32 Å². The number of carbonyl (C=O) groups excluding carboxylic acids is 1. The first-order valence-corrected chi connectivity index (χ1v) is 4.80. The van der Waals surface area contributed by atoms with Gasteiger partial charge >= 0.3 is 0 Å². The van der Waals surface area contributed by atoms with Crippen LogP contribution in [-0.2, 0) is 4.79 Å². The van der Waals surface area contributed by atoms with Crippen molar-refractivity contribution in [2.24, 2.45) is 10.9 Å². The third-order valence-electron chi connectivity index (χ3n) is 1.95. The van der Waals surface area contributed by atoms with Crippen LogP contribution >= 0.6 is 0 Å². The Balaban J connectivity index is 2.41. The average molecular weight is 192 g/mol. The molecule has 1 saturated carbocycles. The molecule has 0 radical (unpaired) electrons. The molecule has 0 aromatic heterocycles. The molecule has 14 heavy (non-hydrogen) atoms. The second-order valence-corrected chi connectivity index (χ2v) is 3.46. The summed E-state index contributed by atoms with van der Waals surface area (Å²) >= 11 is 0. The standard InChI is InChI=1S/C11H16N2O/c1-4-12-8(2)7-9(3)13-11(14)10-5-6-10/h4,7,10H,3,5-6H2,1-2H3,(H,13,14)/b8-7-,12-4?. The Morgan fingerprint density at radius 3 is 2.71 bits per heavy atom. The van der Waals surface area contributed by atoms with Crippen LogP contribution in [0, 0.1) is 5.92 Å². The fourth-order valence-electron chi connectivity index (χ4n) is 1.13. The van der Waals surface area contributed by atoms with E-state index in [0.29, 0.717) is 5.70 Å². The maximum atomic E-state index is 11.3. The molecule has 1 aliphatic carbocycles. The third-order valence-corrected chi connectivity index (χ3v) is 1.95. The lowest BCUT2D eigenvalue weighted by molar-refractivity contribution is -0.121. The van der Waals surface area contributed by atoms with Crippen molar-refractivity contribution in [3.63, 3.8) is 0 Å². The minimum Gasteiger partial charge on any atom is -0.326 e. The zero-order valence-corrected chi connectivity index (χ0v) is 8.71. The molecule has 0 atom stereocenters. The Morgan fingerprint density at radius 1 is 1.57 bits per heavy atom. The van der Waals surface area contributed by atoms with Gasteiger partial charge in [-0.15, -0.1) is 0 Å². The molecule has 1 amide bonds. The second-order valence-electron chi connectivity index (χ2n) is 3.46. The second kappa shape index (κ2) is 4.74. The minimum absolute atomic E-state index is 0.0829. The number of rotatable bonds is 4. The molecule has 0 saturated heterocycles. The number of amides is 1. The summed E-state index contributed by atoms with van der Waals surface area (Å²) in [5.41, 5.74) is 1.46. The smallest absolute Gasteiger partial charge is 0.227 e. The SMILES string of the molecule is C=C(/C=C(/C)N=CC)NC(=O)C1CC1. The van der Waals surface area contributed by atoms with E-state index in [1.807, 2.05) is 13.8 Å². The van der Waals surface area contributed by atoms with Crippen molar-refractivity contribution < 1.29 is 4.79 Å². The zero-order chi connectivity index (χ0) is 10.6. The maximum Gasteiger partial charge on any atom is 0.227 e. The lowest BCUT2D eigenvalue weighted by Crippen LogP contribution is -2.22. The number of allylic oxidation sites excluding steroid dienone is 2. The fraction of sp³-hybridized carbons (Fsp3) is 0.455. The summed E-state index contributed by atoms with van der Waals surface area (Å²) in [4.78, 5) is 15.4. The molecule has 1 N–H and O–H groups in total. The molecule has 0 spiro atoms. The lowest BCUT2D eigenvalue weighted by atomic mass is 10.3. The molecule has 0 aliphatic heterocycles. The van der Waals surface area contributed by atoms with E-state index in [4.69, 9.17) is 0 Å². The molecule has 0 bridgehead atoms. The summed E-state index contributed by atoms with van der Waals surface area (Å²) in [5.74, 6) is 0.301. The summed E-state index contributed by atoms with van der Waals surface area (Å²) in [6.07, 6.45) is 5.49. The van der Waals surface area contributed by atoms with Crippen LogP contribution in [0.25, 0.3) is 0 Å². The van der Waals surface area contributed by atoms with Crippen LogP contribution < -0.4 is 5.32 Å². The van der Waals surface area contributed by atoms with Crippen LogP contribution in [0.15, 0.2) is 29.0 Å². The van der Waals surface area contributed by atoms with Gasteiger partial charge in [-0.1, -0.05) is 6.58 Å². The van der Waals surface area contributed by atoms with Gasteiger partial charge in [0.05, 0.1) is 0 Å². The predicted octanol–water partition coefficient (Wildman–Crippen LogP) is 2.02. The van der Waals surface area contributed by atoms with E-state index < -0.39 is 0 Å². The number of aliphatic imine (C=N–C) groups is 1. The van der Waals surface area contributed by atoms with E-state index in [-0.39, 0.29) is 11.8 Å². The molecule has 1 rings (SSSR count). The van der Waals surface area contributed by atoms with Gasteiger partial charge in [0.15, 0.2) is 0 Å². The third kappa shape index (κ3) is 3.56. The van der Waals surface area contributed by atoms with E-state index in [0.717, 1.165) is 18.5 Å². The summed E-state index contributed by atoms with van der Waals surface area (Å²) < 4.78 is 0. The number of nitrogens with zero attached hydrogens (tertiary/aromatic N) is 1. The van der Waals surface area contributed by atoms with Crippen molar-refractivity contribution in [3.8, 4) is 0 Å². The highest BCUT2D eigenvalue weighted by molar-refractivity contribution is 5.82. The molecule has 0 unspecified atom stereocenters. The molecule has 0 aromatic carbocycles. The zero-order valence-electron chi connectivity index (χ0n) is 8.71. The maximum absolute atomic E-state index is 11.3. The van der Waals surface area contributed by atoms with E-state index in [2.05, 4.69) is 16.9 Å². The number of hydrogen-bond acceptors (Lipinski definition) is 2. The van der Waals surface area contributed by atoms with Gasteiger partial charge in [-0.25, -0.2) is 0 Å². The van der Waals surface area contributed by atoms with Crippen LogP contribution in [0.2, 0.25) is 0 Å². The highest BCUT2D eigenvalue weighted by atomic mass is 16.2. The topological polar surface area (TPSA) is 41.5 Å². The average Bonchev–Trinajstić information content (AvgIpc) is 2.85. The Labute approximate surface area is 84.6 Å². The monoisotopic (exact) mass is 192 g/mol. The molecule has 3 heteroatoms. The Bertz CT molecular complexity index is 298. The molecular weight excluding hydrogens is 176 g/mol. The number of carbonyl (C=O) groups is 1. The van der Waals surface area contributed by atoms with Gasteiger partial charge in [0, 0.05) is 23.5 Å². The van der Waals surface area contributed by atoms with Crippen molar-refractivity contribution in [3.05, 3.63) is 24.0 Å². The molecule has 76 valence electrons. The normalized spacial score (nSPS) is 17.1. The van der Waals surface area contributed by atoms with E-state index >= 15 is 0 Å². The van der Waals surface area contributed by atoms with Gasteiger partial charge in [0.1, 0.15) is 0 Å². The predicted molar refractivity (Wildman–Crippen MR) is 57.9 cm³/mol. The van der Waals surface area contributed by atoms with Crippen molar-refractivity contribution in [1.82, 2.24) is 5.32 Å². The van der Waals surface area contributed by atoms with Gasteiger partial charge in [0.2, 0.25) is 5.91 Å². The number of hydrogen-bond donors (Lipinski definition) is 1. The quantitative estimate of drug-likeness (QED) is 0.537. The van der Waals surface area contributed by atoms with E-state index in [1.54, 1.807) is 12.3 Å². The Hall–Kier alpha value is -1.38. The first-order valence-electron chi connectivity index (χ1n) is 4.80. The first kappa shape index (κ1) is 10.7. The van der Waals surface area contributed by atoms with Crippen molar-refractivity contribution >= 4 is 12.1 Å². The van der Waals surface area contributed by atoms with Crippen LogP contribution in [0.1, 0.15) is 26.7 Å². The van der Waals surface area contributed by atoms with E-state index in [1.165, 1.54) is 0 Å².